The van der Waals surface area contributed by atoms with Crippen LogP contribution < -0.4 is 5.73 Å². The highest BCUT2D eigenvalue weighted by molar-refractivity contribution is 5.80. The van der Waals surface area contributed by atoms with E-state index < -0.39 is 0 Å². The second-order valence-electron chi connectivity index (χ2n) is 6.44. The topological polar surface area (TPSA) is 69.9 Å². The zero-order valence-corrected chi connectivity index (χ0v) is 15.4. The van der Waals surface area contributed by atoms with Gasteiger partial charge in [-0.25, -0.2) is 0 Å². The van der Waals surface area contributed by atoms with Crippen LogP contribution in [-0.4, -0.2) is 72.3 Å². The molecule has 0 spiro atoms. The van der Waals surface area contributed by atoms with Crippen LogP contribution in [0.4, 0.5) is 0 Å². The Labute approximate surface area is 150 Å². The lowest BCUT2D eigenvalue weighted by Gasteiger charge is -2.36. The number of carbonyl (C=O) groups is 2. The molecule has 0 saturated carbocycles. The summed E-state index contributed by atoms with van der Waals surface area (Å²) in [4.78, 5) is 30.6. The molecule has 1 fully saturated rings. The van der Waals surface area contributed by atoms with E-state index in [1.807, 2.05) is 40.1 Å². The summed E-state index contributed by atoms with van der Waals surface area (Å²) in [5.74, 6) is 0.212. The largest absolute Gasteiger partial charge is 0.339 e. The lowest BCUT2D eigenvalue weighted by atomic mass is 10.0. The molecule has 2 rings (SSSR count). The molecule has 1 atom stereocenters. The van der Waals surface area contributed by atoms with Crippen molar-refractivity contribution in [3.63, 3.8) is 0 Å². The van der Waals surface area contributed by atoms with E-state index in [4.69, 9.17) is 5.73 Å². The van der Waals surface area contributed by atoms with Crippen molar-refractivity contribution < 1.29 is 9.59 Å². The zero-order valence-electron chi connectivity index (χ0n) is 15.4. The summed E-state index contributed by atoms with van der Waals surface area (Å²) in [6.07, 6.45) is 0.303. The maximum atomic E-state index is 12.5. The van der Waals surface area contributed by atoms with Gasteiger partial charge in [-0.1, -0.05) is 44.2 Å². The fraction of sp³-hybridized carbons (Fsp3) is 0.579. The van der Waals surface area contributed by atoms with Crippen LogP contribution in [0.3, 0.4) is 0 Å². The maximum absolute atomic E-state index is 12.5. The van der Waals surface area contributed by atoms with E-state index in [1.165, 1.54) is 0 Å². The van der Waals surface area contributed by atoms with E-state index in [1.54, 1.807) is 0 Å². The maximum Gasteiger partial charge on any atom is 0.236 e. The number of amides is 2. The van der Waals surface area contributed by atoms with Crippen LogP contribution in [0.5, 0.6) is 0 Å². The molecule has 1 aliphatic heterocycles. The molecule has 0 aliphatic carbocycles. The standard InChI is InChI=1S/C19H30N4O2/c1-3-21(4-2)15-19(25)23-12-10-22(11-13-23)18(24)14-17(20)16-8-6-5-7-9-16/h5-9,17H,3-4,10-15,20H2,1-2H3. The summed E-state index contributed by atoms with van der Waals surface area (Å²) >= 11 is 0. The molecule has 0 bridgehead atoms. The smallest absolute Gasteiger partial charge is 0.236 e. The van der Waals surface area contributed by atoms with Crippen molar-refractivity contribution in [2.24, 2.45) is 5.73 Å². The minimum absolute atomic E-state index is 0.0622. The molecule has 1 unspecified atom stereocenters. The van der Waals surface area contributed by atoms with Crippen molar-refractivity contribution in [3.8, 4) is 0 Å². The van der Waals surface area contributed by atoms with Gasteiger partial charge in [-0.05, 0) is 18.7 Å². The summed E-state index contributed by atoms with van der Waals surface area (Å²) in [6.45, 7) is 8.70. The van der Waals surface area contributed by atoms with Crippen LogP contribution >= 0.6 is 0 Å². The van der Waals surface area contributed by atoms with Gasteiger partial charge in [0.2, 0.25) is 11.8 Å². The first-order valence-corrected chi connectivity index (χ1v) is 9.13. The fourth-order valence-corrected chi connectivity index (χ4v) is 3.08. The summed E-state index contributed by atoms with van der Waals surface area (Å²) in [5.41, 5.74) is 7.12. The van der Waals surface area contributed by atoms with Crippen molar-refractivity contribution >= 4 is 11.8 Å². The van der Waals surface area contributed by atoms with Crippen LogP contribution in [0, 0.1) is 0 Å². The number of nitrogens with zero attached hydrogens (tertiary/aromatic N) is 3. The van der Waals surface area contributed by atoms with Crippen LogP contribution in [0.25, 0.3) is 0 Å². The minimum Gasteiger partial charge on any atom is -0.339 e. The normalized spacial score (nSPS) is 16.2. The number of rotatable bonds is 7. The van der Waals surface area contributed by atoms with Gasteiger partial charge < -0.3 is 15.5 Å². The van der Waals surface area contributed by atoms with Crippen LogP contribution in [-0.2, 0) is 9.59 Å². The molecule has 25 heavy (non-hydrogen) atoms. The molecule has 1 saturated heterocycles. The predicted molar refractivity (Wildman–Crippen MR) is 98.9 cm³/mol. The van der Waals surface area contributed by atoms with E-state index in [-0.39, 0.29) is 17.9 Å². The van der Waals surface area contributed by atoms with Gasteiger partial charge in [-0.3, -0.25) is 14.5 Å². The highest BCUT2D eigenvalue weighted by Gasteiger charge is 2.25. The number of likely N-dealkylation sites (N-methyl/N-ethyl adjacent to an activating group) is 1. The third-order valence-electron chi connectivity index (χ3n) is 4.86. The highest BCUT2D eigenvalue weighted by atomic mass is 16.2. The Morgan fingerprint density at radius 3 is 2.04 bits per heavy atom. The molecule has 1 heterocycles. The van der Waals surface area contributed by atoms with Crippen LogP contribution in [0.2, 0.25) is 0 Å². The third kappa shape index (κ3) is 5.54. The number of nitrogens with two attached hydrogens (primary N) is 1. The molecule has 138 valence electrons. The lowest BCUT2D eigenvalue weighted by Crippen LogP contribution is -2.52. The Morgan fingerprint density at radius 2 is 1.52 bits per heavy atom. The van der Waals surface area contributed by atoms with Crippen molar-refractivity contribution in [2.45, 2.75) is 26.3 Å². The summed E-state index contributed by atoms with van der Waals surface area (Å²) in [7, 11) is 0. The molecule has 6 heteroatoms. The Bertz CT molecular complexity index is 552. The summed E-state index contributed by atoms with van der Waals surface area (Å²) < 4.78 is 0. The lowest BCUT2D eigenvalue weighted by molar-refractivity contribution is -0.140. The quantitative estimate of drug-likeness (QED) is 0.802. The van der Waals surface area contributed by atoms with Gasteiger partial charge >= 0.3 is 0 Å². The molecule has 1 aromatic rings. The van der Waals surface area contributed by atoms with Gasteiger partial charge in [0.25, 0.3) is 0 Å². The van der Waals surface area contributed by atoms with Crippen molar-refractivity contribution in [2.75, 3.05) is 45.8 Å². The second kappa shape index (κ2) is 9.53. The molecular formula is C19H30N4O2. The molecule has 2 amide bonds. The highest BCUT2D eigenvalue weighted by Crippen LogP contribution is 2.15. The van der Waals surface area contributed by atoms with E-state index in [9.17, 15) is 9.59 Å². The van der Waals surface area contributed by atoms with Gasteiger partial charge in [0.05, 0.1) is 6.54 Å². The monoisotopic (exact) mass is 346 g/mol. The predicted octanol–water partition coefficient (Wildman–Crippen LogP) is 1.09. The van der Waals surface area contributed by atoms with Gasteiger partial charge in [0.15, 0.2) is 0 Å². The fourth-order valence-electron chi connectivity index (χ4n) is 3.08. The number of hydrogen-bond donors (Lipinski definition) is 1. The molecule has 6 nitrogen and oxygen atoms in total. The van der Waals surface area contributed by atoms with Crippen molar-refractivity contribution in [1.82, 2.24) is 14.7 Å². The van der Waals surface area contributed by atoms with Crippen LogP contribution in [0.15, 0.2) is 30.3 Å². The summed E-state index contributed by atoms with van der Waals surface area (Å²) in [5, 5.41) is 0. The SMILES string of the molecule is CCN(CC)CC(=O)N1CCN(C(=O)CC(N)c2ccccc2)CC1. The minimum atomic E-state index is -0.281. The average Bonchev–Trinajstić information content (AvgIpc) is 2.66. The average molecular weight is 346 g/mol. The van der Waals surface area contributed by atoms with Gasteiger partial charge in [-0.15, -0.1) is 0 Å². The van der Waals surface area contributed by atoms with E-state index >= 15 is 0 Å². The van der Waals surface area contributed by atoms with Gasteiger partial charge in [-0.2, -0.15) is 0 Å². The Morgan fingerprint density at radius 1 is 1.00 bits per heavy atom. The first-order chi connectivity index (χ1) is 12.0. The first-order valence-electron chi connectivity index (χ1n) is 9.13. The molecular weight excluding hydrogens is 316 g/mol. The van der Waals surface area contributed by atoms with Gasteiger partial charge in [0, 0.05) is 38.6 Å². The number of carbonyl (C=O) groups excluding carboxylic acids is 2. The molecule has 1 aliphatic rings. The molecule has 0 aromatic heterocycles. The van der Waals surface area contributed by atoms with E-state index in [0.717, 1.165) is 18.7 Å². The molecule has 0 radical (unpaired) electrons. The van der Waals surface area contributed by atoms with Crippen molar-refractivity contribution in [3.05, 3.63) is 35.9 Å². The number of hydrogen-bond acceptors (Lipinski definition) is 4. The first kappa shape index (κ1) is 19.4. The molecule has 1 aromatic carbocycles. The van der Waals surface area contributed by atoms with Gasteiger partial charge in [0.1, 0.15) is 0 Å². The Hall–Kier alpha value is -1.92. The Kier molecular flexibility index (Phi) is 7.40. The van der Waals surface area contributed by atoms with E-state index in [2.05, 4.69) is 18.7 Å². The second-order valence-corrected chi connectivity index (χ2v) is 6.44. The molecule has 2 N–H and O–H groups in total. The van der Waals surface area contributed by atoms with Crippen LogP contribution in [0.1, 0.15) is 31.9 Å². The zero-order chi connectivity index (χ0) is 18.2. The number of benzene rings is 1. The summed E-state index contributed by atoms with van der Waals surface area (Å²) in [6, 6.07) is 9.41. The van der Waals surface area contributed by atoms with E-state index in [0.29, 0.717) is 39.1 Å². The Balaban J connectivity index is 1.79. The third-order valence-corrected chi connectivity index (χ3v) is 4.86. The number of piperazine rings is 1. The van der Waals surface area contributed by atoms with Crippen molar-refractivity contribution in [1.29, 1.82) is 0 Å².